The van der Waals surface area contributed by atoms with Gasteiger partial charge in [-0.15, -0.1) is 10.2 Å². The van der Waals surface area contributed by atoms with Gasteiger partial charge in [0.05, 0.1) is 30.0 Å². The number of benzene rings is 1. The number of carbonyl (C=O) groups excluding carboxylic acids is 1. The average molecular weight is 386 g/mol. The number of hydrogen-bond donors (Lipinski definition) is 0. The molecule has 8 heteroatoms. The lowest BCUT2D eigenvalue weighted by atomic mass is 10.0. The lowest BCUT2D eigenvalue weighted by molar-refractivity contribution is 0.0524. The molecule has 0 aliphatic carbocycles. The molecule has 0 spiro atoms. The van der Waals surface area contributed by atoms with E-state index in [2.05, 4.69) is 10.2 Å². The van der Waals surface area contributed by atoms with Gasteiger partial charge < -0.3 is 14.0 Å². The lowest BCUT2D eigenvalue weighted by Gasteiger charge is -2.14. The van der Waals surface area contributed by atoms with Gasteiger partial charge in [0.25, 0.3) is 0 Å². The number of aromatic nitrogens is 4. The smallest absolute Gasteiger partial charge is 0.340 e. The van der Waals surface area contributed by atoms with E-state index in [9.17, 15) is 4.79 Å². The average Bonchev–Trinajstić information content (AvgIpc) is 3.12. The van der Waals surface area contributed by atoms with Crippen LogP contribution in [0.5, 0.6) is 0 Å². The van der Waals surface area contributed by atoms with Gasteiger partial charge in [-0.2, -0.15) is 0 Å². The Morgan fingerprint density at radius 2 is 2.11 bits per heavy atom. The van der Waals surface area contributed by atoms with Gasteiger partial charge in [-0.3, -0.25) is 4.98 Å². The van der Waals surface area contributed by atoms with Crippen LogP contribution in [0, 0.1) is 6.92 Å². The summed E-state index contributed by atoms with van der Waals surface area (Å²) in [6.07, 6.45) is 1.67. The van der Waals surface area contributed by atoms with Crippen LogP contribution in [0.3, 0.4) is 0 Å². The molecule has 0 fully saturated rings. The molecule has 0 bridgehead atoms. The first-order chi connectivity index (χ1) is 13.2. The number of fused-ring (bicyclic) bond motifs is 1. The summed E-state index contributed by atoms with van der Waals surface area (Å²) < 4.78 is 12.3. The Balaban J connectivity index is 1.94. The first-order valence-corrected chi connectivity index (χ1v) is 9.69. The minimum atomic E-state index is -0.343. The van der Waals surface area contributed by atoms with Crippen LogP contribution >= 0.6 is 11.8 Å². The van der Waals surface area contributed by atoms with Gasteiger partial charge >= 0.3 is 5.97 Å². The number of aryl methyl sites for hydroxylation is 1. The maximum atomic E-state index is 12.6. The van der Waals surface area contributed by atoms with Gasteiger partial charge in [-0.25, -0.2) is 4.79 Å². The molecular formula is C19H22N4O3S. The van der Waals surface area contributed by atoms with E-state index in [-0.39, 0.29) is 5.97 Å². The molecule has 0 N–H and O–H groups in total. The summed E-state index contributed by atoms with van der Waals surface area (Å²) in [4.78, 5) is 17.3. The van der Waals surface area contributed by atoms with Crippen LogP contribution in [-0.2, 0) is 21.8 Å². The number of ether oxygens (including phenoxy) is 2. The normalized spacial score (nSPS) is 11.1. The second-order valence-electron chi connectivity index (χ2n) is 5.88. The highest BCUT2D eigenvalue weighted by Gasteiger charge is 2.20. The maximum absolute atomic E-state index is 12.6. The topological polar surface area (TPSA) is 79.1 Å². The molecule has 2 aromatic heterocycles. The van der Waals surface area contributed by atoms with E-state index in [0.29, 0.717) is 36.8 Å². The summed E-state index contributed by atoms with van der Waals surface area (Å²) in [5.41, 5.74) is 2.97. The number of pyridine rings is 1. The van der Waals surface area contributed by atoms with Crippen molar-refractivity contribution in [3.63, 3.8) is 0 Å². The second-order valence-corrected chi connectivity index (χ2v) is 6.83. The molecule has 3 rings (SSSR count). The largest absolute Gasteiger partial charge is 0.462 e. The lowest BCUT2D eigenvalue weighted by Crippen LogP contribution is -2.12. The Hall–Kier alpha value is -2.45. The van der Waals surface area contributed by atoms with Gasteiger partial charge in [0.15, 0.2) is 5.16 Å². The third-order valence-electron chi connectivity index (χ3n) is 4.16. The predicted molar refractivity (Wildman–Crippen MR) is 104 cm³/mol. The summed E-state index contributed by atoms with van der Waals surface area (Å²) in [5.74, 6) is 0.149. The van der Waals surface area contributed by atoms with Crippen molar-refractivity contribution in [3.05, 3.63) is 47.4 Å². The Morgan fingerprint density at radius 3 is 2.89 bits per heavy atom. The van der Waals surface area contributed by atoms with Crippen molar-refractivity contribution in [2.45, 2.75) is 31.3 Å². The van der Waals surface area contributed by atoms with Crippen molar-refractivity contribution >= 4 is 28.6 Å². The molecule has 27 heavy (non-hydrogen) atoms. The van der Waals surface area contributed by atoms with Gasteiger partial charge in [0.1, 0.15) is 6.33 Å². The van der Waals surface area contributed by atoms with Crippen molar-refractivity contribution in [3.8, 4) is 0 Å². The number of nitrogens with zero attached hydrogens (tertiary/aromatic N) is 4. The van der Waals surface area contributed by atoms with E-state index in [1.54, 1.807) is 20.4 Å². The molecule has 0 atom stereocenters. The van der Waals surface area contributed by atoms with Crippen molar-refractivity contribution in [1.29, 1.82) is 0 Å². The highest BCUT2D eigenvalue weighted by Crippen LogP contribution is 2.28. The van der Waals surface area contributed by atoms with Gasteiger partial charge in [-0.05, 0) is 25.5 Å². The first kappa shape index (κ1) is 19.3. The Bertz CT molecular complexity index is 942. The van der Waals surface area contributed by atoms with Gasteiger partial charge in [0.2, 0.25) is 0 Å². The standard InChI is InChI=1S/C19H22N4O3S/c1-4-26-18(24)17-13(2)14-7-5-6-8-15(14)21-16(17)11-27-19-22-20-12-23(19)9-10-25-3/h5-8,12H,4,9-11H2,1-3H3. The monoisotopic (exact) mass is 386 g/mol. The minimum Gasteiger partial charge on any atom is -0.462 e. The number of para-hydroxylation sites is 1. The molecule has 0 saturated heterocycles. The quantitative estimate of drug-likeness (QED) is 0.434. The van der Waals surface area contributed by atoms with E-state index < -0.39 is 0 Å². The molecule has 142 valence electrons. The number of esters is 1. The third-order valence-corrected chi connectivity index (χ3v) is 5.15. The fourth-order valence-electron chi connectivity index (χ4n) is 2.85. The van der Waals surface area contributed by atoms with Crippen molar-refractivity contribution < 1.29 is 14.3 Å². The molecule has 1 aromatic carbocycles. The molecule has 0 amide bonds. The summed E-state index contributed by atoms with van der Waals surface area (Å²) >= 11 is 1.49. The predicted octanol–water partition coefficient (Wildman–Crippen LogP) is 3.25. The van der Waals surface area contributed by atoms with E-state index >= 15 is 0 Å². The molecule has 0 radical (unpaired) electrons. The fraction of sp³-hybridized carbons (Fsp3) is 0.368. The molecule has 2 heterocycles. The highest BCUT2D eigenvalue weighted by atomic mass is 32.2. The Kier molecular flexibility index (Phi) is 6.41. The SMILES string of the molecule is CCOC(=O)c1c(CSc2nncn2CCOC)nc2ccccc2c1C. The summed E-state index contributed by atoms with van der Waals surface area (Å²) in [6.45, 7) is 5.30. The zero-order valence-electron chi connectivity index (χ0n) is 15.6. The van der Waals surface area contributed by atoms with Crippen molar-refractivity contribution in [2.75, 3.05) is 20.3 Å². The third kappa shape index (κ3) is 4.28. The van der Waals surface area contributed by atoms with E-state index in [1.807, 2.05) is 35.8 Å². The van der Waals surface area contributed by atoms with Crippen molar-refractivity contribution in [1.82, 2.24) is 19.7 Å². The number of carbonyl (C=O) groups is 1. The van der Waals surface area contributed by atoms with Crippen LogP contribution in [0.2, 0.25) is 0 Å². The van der Waals surface area contributed by atoms with Crippen LogP contribution in [0.15, 0.2) is 35.7 Å². The summed E-state index contributed by atoms with van der Waals surface area (Å²) in [7, 11) is 1.66. The Labute approximate surface area is 162 Å². The molecule has 3 aromatic rings. The van der Waals surface area contributed by atoms with Crippen LogP contribution in [0.25, 0.3) is 10.9 Å². The Morgan fingerprint density at radius 1 is 1.30 bits per heavy atom. The minimum absolute atomic E-state index is 0.322. The maximum Gasteiger partial charge on any atom is 0.340 e. The highest BCUT2D eigenvalue weighted by molar-refractivity contribution is 7.98. The molecule has 0 saturated carbocycles. The van der Waals surface area contributed by atoms with Gasteiger partial charge in [-0.1, -0.05) is 30.0 Å². The number of methoxy groups -OCH3 is 1. The first-order valence-electron chi connectivity index (χ1n) is 8.70. The van der Waals surface area contributed by atoms with Crippen LogP contribution in [0.1, 0.15) is 28.5 Å². The molecule has 0 aliphatic rings. The van der Waals surface area contributed by atoms with E-state index in [1.165, 1.54) is 11.8 Å². The molecular weight excluding hydrogens is 364 g/mol. The van der Waals surface area contributed by atoms with Crippen LogP contribution in [0.4, 0.5) is 0 Å². The molecule has 0 aliphatic heterocycles. The van der Waals surface area contributed by atoms with Crippen molar-refractivity contribution in [2.24, 2.45) is 0 Å². The van der Waals surface area contributed by atoms with E-state index in [0.717, 1.165) is 21.6 Å². The second kappa shape index (κ2) is 8.96. The molecule has 0 unspecified atom stereocenters. The number of rotatable bonds is 8. The number of thioether (sulfide) groups is 1. The van der Waals surface area contributed by atoms with Crippen LogP contribution in [-0.4, -0.2) is 46.0 Å². The number of hydrogen-bond acceptors (Lipinski definition) is 7. The zero-order valence-corrected chi connectivity index (χ0v) is 16.5. The summed E-state index contributed by atoms with van der Waals surface area (Å²) in [5, 5.41) is 9.84. The van der Waals surface area contributed by atoms with Crippen LogP contribution < -0.4 is 0 Å². The summed E-state index contributed by atoms with van der Waals surface area (Å²) in [6, 6.07) is 7.81. The molecule has 7 nitrogen and oxygen atoms in total. The van der Waals surface area contributed by atoms with Gasteiger partial charge in [0, 0.05) is 24.8 Å². The zero-order chi connectivity index (χ0) is 19.2. The van der Waals surface area contributed by atoms with E-state index in [4.69, 9.17) is 14.5 Å². The fourth-order valence-corrected chi connectivity index (χ4v) is 3.74.